The summed E-state index contributed by atoms with van der Waals surface area (Å²) < 4.78 is 28.5. The van der Waals surface area contributed by atoms with Gasteiger partial charge in [-0.15, -0.1) is 0 Å². The molecule has 0 spiro atoms. The van der Waals surface area contributed by atoms with Crippen LogP contribution < -0.4 is 4.74 Å². The molecule has 7 heteroatoms. The summed E-state index contributed by atoms with van der Waals surface area (Å²) in [5.41, 5.74) is 0.971. The maximum absolute atomic E-state index is 11.7. The van der Waals surface area contributed by atoms with Crippen LogP contribution in [-0.4, -0.2) is 39.4 Å². The highest BCUT2D eigenvalue weighted by Crippen LogP contribution is 2.28. The topological polar surface area (TPSA) is 63.7 Å². The molecule has 0 fully saturated rings. The fraction of sp³-hybridized carbons (Fsp3) is 0.462. The molecule has 0 aromatic heterocycles. The Morgan fingerprint density at radius 1 is 1.25 bits per heavy atom. The Kier molecular flexibility index (Phi) is 5.05. The first-order valence-corrected chi connectivity index (χ1v) is 8.28. The molecule has 1 unspecified atom stereocenters. The van der Waals surface area contributed by atoms with Crippen LogP contribution in [-0.2, 0) is 13.8 Å². The number of hydrogen-bond donors (Lipinski definition) is 0. The summed E-state index contributed by atoms with van der Waals surface area (Å²) >= 11 is 0. The Balaban J connectivity index is 3.10. The number of rotatable bonds is 4. The molecule has 0 saturated carbocycles. The molecule has 0 aliphatic carbocycles. The predicted molar refractivity (Wildman–Crippen MR) is 77.7 cm³/mol. The van der Waals surface area contributed by atoms with Crippen molar-refractivity contribution in [1.29, 1.82) is 0 Å². The van der Waals surface area contributed by atoms with Crippen molar-refractivity contribution in [3.05, 3.63) is 23.3 Å². The minimum Gasteiger partial charge on any atom is -0.481 e. The lowest BCUT2D eigenvalue weighted by atomic mass is 10.1. The molecule has 20 heavy (non-hydrogen) atoms. The Hall–Kier alpha value is -1.27. The van der Waals surface area contributed by atoms with E-state index >= 15 is 0 Å². The molecule has 1 atom stereocenters. The maximum Gasteiger partial charge on any atom is 0.262 e. The molecular formula is C13H18ClNO4S. The van der Waals surface area contributed by atoms with E-state index < -0.39 is 15.2 Å². The normalized spacial score (nSPS) is 12.9. The quantitative estimate of drug-likeness (QED) is 0.797. The van der Waals surface area contributed by atoms with Crippen LogP contribution in [0.3, 0.4) is 0 Å². The van der Waals surface area contributed by atoms with E-state index in [0.29, 0.717) is 16.9 Å². The van der Waals surface area contributed by atoms with Crippen LogP contribution in [0, 0.1) is 13.8 Å². The number of ether oxygens (including phenoxy) is 1. The van der Waals surface area contributed by atoms with Gasteiger partial charge in [-0.2, -0.15) is 0 Å². The molecule has 112 valence electrons. The molecule has 0 bridgehead atoms. The van der Waals surface area contributed by atoms with Gasteiger partial charge in [0.1, 0.15) is 5.75 Å². The van der Waals surface area contributed by atoms with Crippen LogP contribution in [0.25, 0.3) is 0 Å². The number of carbonyl (C=O) groups is 1. The van der Waals surface area contributed by atoms with Crippen LogP contribution in [0.1, 0.15) is 18.1 Å². The van der Waals surface area contributed by atoms with Gasteiger partial charge < -0.3 is 9.64 Å². The van der Waals surface area contributed by atoms with Crippen LogP contribution in [0.5, 0.6) is 5.75 Å². The molecule has 0 aliphatic heterocycles. The monoisotopic (exact) mass is 319 g/mol. The molecule has 5 nitrogen and oxygen atoms in total. The van der Waals surface area contributed by atoms with Crippen molar-refractivity contribution in [2.24, 2.45) is 0 Å². The zero-order chi connectivity index (χ0) is 15.7. The van der Waals surface area contributed by atoms with Crippen molar-refractivity contribution in [2.45, 2.75) is 31.8 Å². The first-order chi connectivity index (χ1) is 9.04. The molecular weight excluding hydrogens is 302 g/mol. The lowest BCUT2D eigenvalue weighted by molar-refractivity contribution is -0.135. The Morgan fingerprint density at radius 3 is 2.05 bits per heavy atom. The second-order valence-electron chi connectivity index (χ2n) is 4.82. The number of benzene rings is 1. The maximum atomic E-state index is 11.7. The number of aryl methyl sites for hydroxylation is 2. The van der Waals surface area contributed by atoms with Gasteiger partial charge in [0.15, 0.2) is 6.10 Å². The Morgan fingerprint density at radius 2 is 1.70 bits per heavy atom. The highest BCUT2D eigenvalue weighted by Gasteiger charge is 2.20. The van der Waals surface area contributed by atoms with E-state index in [9.17, 15) is 13.2 Å². The smallest absolute Gasteiger partial charge is 0.262 e. The van der Waals surface area contributed by atoms with Crippen molar-refractivity contribution in [3.8, 4) is 5.75 Å². The summed E-state index contributed by atoms with van der Waals surface area (Å²) in [4.78, 5) is 13.2. The standard InChI is InChI=1S/C13H18ClNO4S/c1-8-6-11(19-10(3)13(16)15(4)5)7-9(2)12(8)20(14,17)18/h6-7,10H,1-5H3. The predicted octanol–water partition coefficient (Wildman–Crippen LogP) is 2.09. The fourth-order valence-corrected chi connectivity index (χ4v) is 3.60. The molecule has 1 aromatic carbocycles. The molecule has 1 aromatic rings. The second-order valence-corrected chi connectivity index (χ2v) is 7.32. The van der Waals surface area contributed by atoms with Crippen molar-refractivity contribution in [2.75, 3.05) is 14.1 Å². The molecule has 0 N–H and O–H groups in total. The summed E-state index contributed by atoms with van der Waals surface area (Å²) in [6, 6.07) is 3.11. The Bertz CT molecular complexity index is 602. The van der Waals surface area contributed by atoms with Gasteiger partial charge in [0.05, 0.1) is 4.90 Å². The molecule has 0 saturated heterocycles. The first-order valence-electron chi connectivity index (χ1n) is 5.97. The van der Waals surface area contributed by atoms with Crippen molar-refractivity contribution in [1.82, 2.24) is 4.90 Å². The van der Waals surface area contributed by atoms with Crippen molar-refractivity contribution >= 4 is 25.6 Å². The van der Waals surface area contributed by atoms with Crippen LogP contribution in [0.4, 0.5) is 0 Å². The molecule has 1 amide bonds. The van der Waals surface area contributed by atoms with Gasteiger partial charge in [0, 0.05) is 24.8 Å². The van der Waals surface area contributed by atoms with E-state index in [-0.39, 0.29) is 10.8 Å². The van der Waals surface area contributed by atoms with E-state index in [2.05, 4.69) is 0 Å². The van der Waals surface area contributed by atoms with Gasteiger partial charge in [-0.25, -0.2) is 8.42 Å². The van der Waals surface area contributed by atoms with Gasteiger partial charge >= 0.3 is 0 Å². The molecule has 0 radical (unpaired) electrons. The van der Waals surface area contributed by atoms with Gasteiger partial charge in [0.2, 0.25) is 0 Å². The summed E-state index contributed by atoms with van der Waals surface area (Å²) in [5, 5.41) is 0. The third-order valence-electron chi connectivity index (χ3n) is 2.78. The molecule has 1 rings (SSSR count). The summed E-state index contributed by atoms with van der Waals surface area (Å²) in [6.07, 6.45) is -0.651. The Labute approximate surface area is 123 Å². The highest BCUT2D eigenvalue weighted by molar-refractivity contribution is 8.13. The second kappa shape index (κ2) is 6.01. The average molecular weight is 320 g/mol. The lowest BCUT2D eigenvalue weighted by Crippen LogP contribution is -2.35. The van der Waals surface area contributed by atoms with E-state index in [4.69, 9.17) is 15.4 Å². The fourth-order valence-electron chi connectivity index (χ4n) is 1.98. The summed E-state index contributed by atoms with van der Waals surface area (Å²) in [7, 11) is 4.87. The van der Waals surface area contributed by atoms with Crippen LogP contribution in [0.2, 0.25) is 0 Å². The number of amides is 1. The average Bonchev–Trinajstić information content (AvgIpc) is 2.24. The zero-order valence-corrected chi connectivity index (χ0v) is 13.7. The van der Waals surface area contributed by atoms with E-state index in [0.717, 1.165) is 0 Å². The molecule has 0 heterocycles. The minimum absolute atomic E-state index is 0.0816. The first kappa shape index (κ1) is 16.8. The number of likely N-dealkylation sites (N-methyl/N-ethyl adjacent to an activating group) is 1. The van der Waals surface area contributed by atoms with Crippen molar-refractivity contribution in [3.63, 3.8) is 0 Å². The van der Waals surface area contributed by atoms with Gasteiger partial charge in [0.25, 0.3) is 15.0 Å². The van der Waals surface area contributed by atoms with E-state index in [1.165, 1.54) is 4.90 Å². The lowest BCUT2D eigenvalue weighted by Gasteiger charge is -2.19. The SMILES string of the molecule is Cc1cc(OC(C)C(=O)N(C)C)cc(C)c1S(=O)(=O)Cl. The molecule has 0 aliphatic rings. The van der Waals surface area contributed by atoms with Crippen LogP contribution in [0.15, 0.2) is 17.0 Å². The largest absolute Gasteiger partial charge is 0.481 e. The minimum atomic E-state index is -3.80. The third-order valence-corrected chi connectivity index (χ3v) is 4.37. The zero-order valence-electron chi connectivity index (χ0n) is 12.1. The van der Waals surface area contributed by atoms with E-state index in [1.807, 2.05) is 0 Å². The number of carbonyl (C=O) groups excluding carboxylic acids is 1. The number of halogens is 1. The van der Waals surface area contributed by atoms with Gasteiger partial charge in [-0.3, -0.25) is 4.79 Å². The number of nitrogens with zero attached hydrogens (tertiary/aromatic N) is 1. The van der Waals surface area contributed by atoms with Crippen molar-refractivity contribution < 1.29 is 17.9 Å². The van der Waals surface area contributed by atoms with E-state index in [1.54, 1.807) is 47.0 Å². The van der Waals surface area contributed by atoms with Gasteiger partial charge in [-0.1, -0.05) is 0 Å². The number of hydrogen-bond acceptors (Lipinski definition) is 4. The summed E-state index contributed by atoms with van der Waals surface area (Å²) in [5.74, 6) is 0.265. The van der Waals surface area contributed by atoms with Crippen LogP contribution >= 0.6 is 10.7 Å². The highest BCUT2D eigenvalue weighted by atomic mass is 35.7. The third kappa shape index (κ3) is 3.86. The van der Waals surface area contributed by atoms with Gasteiger partial charge in [-0.05, 0) is 44.0 Å². The summed E-state index contributed by atoms with van der Waals surface area (Å²) in [6.45, 7) is 4.90.